The minimum Gasteiger partial charge on any atom is -0.497 e. The maximum Gasteiger partial charge on any atom is 0.128 e. The summed E-state index contributed by atoms with van der Waals surface area (Å²) in [5.74, 6) is 1.10. The van der Waals surface area contributed by atoms with E-state index in [0.717, 1.165) is 44.0 Å². The van der Waals surface area contributed by atoms with Crippen LogP contribution in [0.3, 0.4) is 0 Å². The van der Waals surface area contributed by atoms with E-state index in [-0.39, 0.29) is 6.10 Å². The molecule has 108 valence electrons. The summed E-state index contributed by atoms with van der Waals surface area (Å²) in [6.07, 6.45) is 12.2. The Morgan fingerprint density at radius 1 is 1.25 bits per heavy atom. The first-order valence-corrected chi connectivity index (χ1v) is 7.67. The molecule has 0 spiro atoms. The van der Waals surface area contributed by atoms with Crippen molar-refractivity contribution in [2.24, 2.45) is 0 Å². The topological polar surface area (TPSA) is 37.4 Å². The zero-order valence-electron chi connectivity index (χ0n) is 11.9. The van der Waals surface area contributed by atoms with Crippen molar-refractivity contribution >= 4 is 11.5 Å². The number of rotatable bonds is 4. The van der Waals surface area contributed by atoms with Crippen molar-refractivity contribution in [3.05, 3.63) is 30.7 Å². The molecular weight excluding hydrogens is 250 g/mol. The Hall–Kier alpha value is -1.71. The zero-order valence-corrected chi connectivity index (χ0v) is 11.9. The van der Waals surface area contributed by atoms with Gasteiger partial charge >= 0.3 is 0 Å². The van der Waals surface area contributed by atoms with Crippen LogP contribution in [-0.2, 0) is 4.74 Å². The minimum atomic E-state index is 0.279. The number of hydrogen-bond donors (Lipinski definition) is 1. The molecule has 0 amide bonds. The SMILES string of the molecule is C1=COC(CNc2ccc(N3CCCCC3)nc2)CC1. The summed E-state index contributed by atoms with van der Waals surface area (Å²) >= 11 is 0. The largest absolute Gasteiger partial charge is 0.497 e. The molecule has 0 saturated carbocycles. The van der Waals surface area contributed by atoms with E-state index in [1.54, 1.807) is 0 Å². The van der Waals surface area contributed by atoms with E-state index >= 15 is 0 Å². The van der Waals surface area contributed by atoms with E-state index in [1.807, 2.05) is 12.5 Å². The number of pyridine rings is 1. The van der Waals surface area contributed by atoms with Gasteiger partial charge in [-0.2, -0.15) is 0 Å². The van der Waals surface area contributed by atoms with E-state index < -0.39 is 0 Å². The van der Waals surface area contributed by atoms with Gasteiger partial charge in [0.1, 0.15) is 11.9 Å². The molecule has 4 nitrogen and oxygen atoms in total. The molecule has 3 heterocycles. The zero-order chi connectivity index (χ0) is 13.6. The van der Waals surface area contributed by atoms with Crippen molar-refractivity contribution in [3.8, 4) is 0 Å². The van der Waals surface area contributed by atoms with Crippen LogP contribution >= 0.6 is 0 Å². The summed E-state index contributed by atoms with van der Waals surface area (Å²) in [6.45, 7) is 3.12. The molecule has 1 aromatic rings. The molecule has 0 bridgehead atoms. The molecule has 1 atom stereocenters. The number of nitrogens with zero attached hydrogens (tertiary/aromatic N) is 2. The maximum atomic E-state index is 5.55. The van der Waals surface area contributed by atoms with E-state index in [2.05, 4.69) is 33.4 Å². The molecule has 0 aliphatic carbocycles. The number of nitrogens with one attached hydrogen (secondary N) is 1. The monoisotopic (exact) mass is 273 g/mol. The highest BCUT2D eigenvalue weighted by Crippen LogP contribution is 2.19. The van der Waals surface area contributed by atoms with Crippen LogP contribution in [-0.4, -0.2) is 30.7 Å². The molecule has 1 unspecified atom stereocenters. The second kappa shape index (κ2) is 6.64. The first-order chi connectivity index (χ1) is 9.92. The van der Waals surface area contributed by atoms with E-state index in [9.17, 15) is 0 Å². The van der Waals surface area contributed by atoms with Gasteiger partial charge in [0.05, 0.1) is 24.7 Å². The molecule has 2 aliphatic heterocycles. The molecule has 4 heteroatoms. The van der Waals surface area contributed by atoms with Crippen molar-refractivity contribution in [1.29, 1.82) is 0 Å². The van der Waals surface area contributed by atoms with Crippen molar-refractivity contribution in [2.45, 2.75) is 38.2 Å². The van der Waals surface area contributed by atoms with Gasteiger partial charge in [-0.25, -0.2) is 4.98 Å². The summed E-state index contributed by atoms with van der Waals surface area (Å²) in [7, 11) is 0. The van der Waals surface area contributed by atoms with Crippen molar-refractivity contribution in [2.75, 3.05) is 29.9 Å². The second-order valence-corrected chi connectivity index (χ2v) is 5.54. The van der Waals surface area contributed by atoms with Gasteiger partial charge in [0.25, 0.3) is 0 Å². The Kier molecular flexibility index (Phi) is 4.41. The van der Waals surface area contributed by atoms with Crippen LogP contribution in [0.15, 0.2) is 30.7 Å². The van der Waals surface area contributed by atoms with Crippen molar-refractivity contribution in [3.63, 3.8) is 0 Å². The van der Waals surface area contributed by atoms with Crippen LogP contribution in [0.1, 0.15) is 32.1 Å². The Labute approximate surface area is 120 Å². The van der Waals surface area contributed by atoms with E-state index in [4.69, 9.17) is 4.74 Å². The summed E-state index contributed by atoms with van der Waals surface area (Å²) in [4.78, 5) is 6.95. The van der Waals surface area contributed by atoms with Gasteiger partial charge in [0.2, 0.25) is 0 Å². The molecule has 0 aromatic carbocycles. The molecule has 20 heavy (non-hydrogen) atoms. The molecular formula is C16H23N3O. The van der Waals surface area contributed by atoms with E-state index in [1.165, 1.54) is 19.3 Å². The standard InChI is InChI=1S/C16H23N3O/c1-3-9-19(10-4-1)16-8-7-14(12-18-16)17-13-15-6-2-5-11-20-15/h5,7-8,11-12,15,17H,1-4,6,9-10,13H2. The van der Waals surface area contributed by atoms with Gasteiger partial charge in [-0.15, -0.1) is 0 Å². The molecule has 1 aromatic heterocycles. The van der Waals surface area contributed by atoms with Gasteiger partial charge in [-0.1, -0.05) is 0 Å². The fourth-order valence-electron chi connectivity index (χ4n) is 2.77. The van der Waals surface area contributed by atoms with Crippen LogP contribution in [0.25, 0.3) is 0 Å². The summed E-state index contributed by atoms with van der Waals surface area (Å²) < 4.78 is 5.55. The molecule has 1 saturated heterocycles. The van der Waals surface area contributed by atoms with Crippen LogP contribution < -0.4 is 10.2 Å². The number of ether oxygens (including phenoxy) is 1. The van der Waals surface area contributed by atoms with Crippen molar-refractivity contribution < 1.29 is 4.74 Å². The Morgan fingerprint density at radius 3 is 2.85 bits per heavy atom. The minimum absolute atomic E-state index is 0.279. The lowest BCUT2D eigenvalue weighted by atomic mass is 10.1. The van der Waals surface area contributed by atoms with Gasteiger partial charge in [-0.05, 0) is 50.3 Å². The normalized spacial score (nSPS) is 22.4. The highest BCUT2D eigenvalue weighted by Gasteiger charge is 2.13. The van der Waals surface area contributed by atoms with Gasteiger partial charge in [0, 0.05) is 13.1 Å². The number of aromatic nitrogens is 1. The lowest BCUT2D eigenvalue weighted by molar-refractivity contribution is 0.135. The Bertz CT molecular complexity index is 438. The molecule has 1 N–H and O–H groups in total. The smallest absolute Gasteiger partial charge is 0.128 e. The number of hydrogen-bond acceptors (Lipinski definition) is 4. The predicted molar refractivity (Wildman–Crippen MR) is 82.0 cm³/mol. The summed E-state index contributed by atoms with van der Waals surface area (Å²) in [6, 6.07) is 4.24. The van der Waals surface area contributed by atoms with E-state index in [0.29, 0.717) is 0 Å². The highest BCUT2D eigenvalue weighted by molar-refractivity contribution is 5.48. The fourth-order valence-corrected chi connectivity index (χ4v) is 2.77. The maximum absolute atomic E-state index is 5.55. The third kappa shape index (κ3) is 3.44. The van der Waals surface area contributed by atoms with Crippen LogP contribution in [0.2, 0.25) is 0 Å². The quantitative estimate of drug-likeness (QED) is 0.914. The molecule has 0 radical (unpaired) electrons. The number of piperidine rings is 1. The number of anilines is 2. The summed E-state index contributed by atoms with van der Waals surface area (Å²) in [5.41, 5.74) is 1.07. The molecule has 2 aliphatic rings. The van der Waals surface area contributed by atoms with Crippen LogP contribution in [0.5, 0.6) is 0 Å². The Morgan fingerprint density at radius 2 is 2.15 bits per heavy atom. The first kappa shape index (κ1) is 13.3. The lowest BCUT2D eigenvalue weighted by Crippen LogP contribution is -2.30. The van der Waals surface area contributed by atoms with Crippen LogP contribution in [0.4, 0.5) is 11.5 Å². The second-order valence-electron chi connectivity index (χ2n) is 5.54. The van der Waals surface area contributed by atoms with Gasteiger partial charge < -0.3 is 15.0 Å². The highest BCUT2D eigenvalue weighted by atomic mass is 16.5. The molecule has 1 fully saturated rings. The first-order valence-electron chi connectivity index (χ1n) is 7.67. The number of allylic oxidation sites excluding steroid dienone is 1. The lowest BCUT2D eigenvalue weighted by Gasteiger charge is -2.27. The third-order valence-electron chi connectivity index (χ3n) is 3.98. The predicted octanol–water partition coefficient (Wildman–Crippen LogP) is 3.18. The molecule has 3 rings (SSSR count). The average molecular weight is 273 g/mol. The average Bonchev–Trinajstić information content (AvgIpc) is 2.55. The summed E-state index contributed by atoms with van der Waals surface area (Å²) in [5, 5.41) is 3.40. The third-order valence-corrected chi connectivity index (χ3v) is 3.98. The Balaban J connectivity index is 1.51. The van der Waals surface area contributed by atoms with Crippen LogP contribution in [0, 0.1) is 0 Å². The van der Waals surface area contributed by atoms with Gasteiger partial charge in [0.15, 0.2) is 0 Å². The van der Waals surface area contributed by atoms with Crippen molar-refractivity contribution in [1.82, 2.24) is 4.98 Å². The fraction of sp³-hybridized carbons (Fsp3) is 0.562. The van der Waals surface area contributed by atoms with Gasteiger partial charge in [-0.3, -0.25) is 0 Å².